The Labute approximate surface area is 250 Å². The highest BCUT2D eigenvalue weighted by atomic mass is 16.6. The topological polar surface area (TPSA) is 91.1 Å². The summed E-state index contributed by atoms with van der Waals surface area (Å²) in [5.74, 6) is 1.16. The molecule has 0 aliphatic rings. The number of esters is 2. The van der Waals surface area contributed by atoms with E-state index in [4.69, 9.17) is 23.6 Å². The lowest BCUT2D eigenvalue weighted by Crippen LogP contribution is -2.40. The van der Waals surface area contributed by atoms with Crippen LogP contribution in [0, 0.1) is 34.6 Å². The van der Waals surface area contributed by atoms with Crippen LogP contribution in [0.4, 0.5) is 0 Å². The highest BCUT2D eigenvalue weighted by Crippen LogP contribution is 2.30. The summed E-state index contributed by atoms with van der Waals surface area (Å²) < 4.78 is 23.0. The predicted octanol–water partition coefficient (Wildman–Crippen LogP) is 6.95. The summed E-state index contributed by atoms with van der Waals surface area (Å²) in [5.41, 5.74) is 5.08. The van der Waals surface area contributed by atoms with Crippen LogP contribution in [0.3, 0.4) is 0 Å². The summed E-state index contributed by atoms with van der Waals surface area (Å²) in [4.78, 5) is 32.2. The molecule has 0 aliphatic carbocycles. The van der Waals surface area contributed by atoms with E-state index in [1.807, 2.05) is 64.6 Å². The van der Waals surface area contributed by atoms with E-state index in [9.17, 15) is 9.59 Å². The standard InChI is InChI=1S/C34H46N2O6/c1-12-39-32(38)34(10,11)42-30-23(4)15-26(16-24(30)5)18-36(20-29(37)41-33(7,8)9)19-28-25(6)40-31(35-28)27-14-13-21(2)22(3)17-27/h13-17H,12,18-20H2,1-11H3. The van der Waals surface area contributed by atoms with Gasteiger partial charge in [0, 0.05) is 18.7 Å². The molecule has 1 heterocycles. The van der Waals surface area contributed by atoms with Gasteiger partial charge in [-0.05, 0) is 116 Å². The molecule has 3 rings (SSSR count). The number of rotatable bonds is 11. The molecule has 0 amide bonds. The molecule has 0 saturated carbocycles. The van der Waals surface area contributed by atoms with Crippen LogP contribution in [-0.4, -0.2) is 46.2 Å². The fourth-order valence-corrected chi connectivity index (χ4v) is 4.66. The molecule has 2 aromatic carbocycles. The number of benzene rings is 2. The van der Waals surface area contributed by atoms with Gasteiger partial charge in [-0.3, -0.25) is 9.69 Å². The summed E-state index contributed by atoms with van der Waals surface area (Å²) in [6.07, 6.45) is 0. The minimum Gasteiger partial charge on any atom is -0.476 e. The summed E-state index contributed by atoms with van der Waals surface area (Å²) in [7, 11) is 0. The van der Waals surface area contributed by atoms with Crippen molar-refractivity contribution in [2.75, 3.05) is 13.2 Å². The maximum absolute atomic E-state index is 12.9. The number of nitrogens with zero attached hydrogens (tertiary/aromatic N) is 2. The molecule has 1 aromatic heterocycles. The van der Waals surface area contributed by atoms with E-state index in [-0.39, 0.29) is 19.1 Å². The van der Waals surface area contributed by atoms with Gasteiger partial charge in [0.25, 0.3) is 0 Å². The van der Waals surface area contributed by atoms with Crippen molar-refractivity contribution in [2.24, 2.45) is 0 Å². The molecule has 0 atom stereocenters. The molecule has 0 spiro atoms. The normalized spacial score (nSPS) is 12.0. The van der Waals surface area contributed by atoms with E-state index in [0.717, 1.165) is 27.9 Å². The summed E-state index contributed by atoms with van der Waals surface area (Å²) in [6, 6.07) is 10.2. The molecule has 228 valence electrons. The number of oxazole rings is 1. The Morgan fingerprint density at radius 3 is 2.10 bits per heavy atom. The van der Waals surface area contributed by atoms with E-state index in [2.05, 4.69) is 26.0 Å². The lowest BCUT2D eigenvalue weighted by atomic mass is 10.0. The second-order valence-corrected chi connectivity index (χ2v) is 12.4. The van der Waals surface area contributed by atoms with Crippen molar-refractivity contribution in [3.63, 3.8) is 0 Å². The molecule has 0 N–H and O–H groups in total. The number of hydrogen-bond acceptors (Lipinski definition) is 8. The molecule has 0 saturated heterocycles. The smallest absolute Gasteiger partial charge is 0.349 e. The first-order valence-corrected chi connectivity index (χ1v) is 14.4. The Bertz CT molecular complexity index is 1410. The zero-order valence-corrected chi connectivity index (χ0v) is 27.1. The second kappa shape index (κ2) is 13.1. The lowest BCUT2D eigenvalue weighted by molar-refractivity contribution is -0.159. The van der Waals surface area contributed by atoms with Crippen LogP contribution in [0.5, 0.6) is 5.75 Å². The number of aromatic nitrogens is 1. The molecule has 0 aliphatic heterocycles. The second-order valence-electron chi connectivity index (χ2n) is 12.4. The molecular formula is C34H46N2O6. The van der Waals surface area contributed by atoms with Crippen molar-refractivity contribution in [1.82, 2.24) is 9.88 Å². The molecule has 3 aromatic rings. The number of aryl methyl sites for hydroxylation is 5. The first-order valence-electron chi connectivity index (χ1n) is 14.4. The maximum atomic E-state index is 12.9. The molecule has 8 nitrogen and oxygen atoms in total. The first kappa shape index (κ1) is 32.9. The van der Waals surface area contributed by atoms with Crippen molar-refractivity contribution in [1.29, 1.82) is 0 Å². The first-order chi connectivity index (χ1) is 19.5. The Hall–Kier alpha value is -3.65. The number of hydrogen-bond donors (Lipinski definition) is 0. The van der Waals surface area contributed by atoms with E-state index in [1.54, 1.807) is 20.8 Å². The van der Waals surface area contributed by atoms with Gasteiger partial charge < -0.3 is 18.6 Å². The van der Waals surface area contributed by atoms with Crippen LogP contribution < -0.4 is 4.74 Å². The fraction of sp³-hybridized carbons (Fsp3) is 0.500. The lowest BCUT2D eigenvalue weighted by Gasteiger charge is -2.27. The predicted molar refractivity (Wildman–Crippen MR) is 163 cm³/mol. The van der Waals surface area contributed by atoms with Crippen LogP contribution in [0.2, 0.25) is 0 Å². The minimum atomic E-state index is -1.13. The molecule has 0 unspecified atom stereocenters. The number of ether oxygens (including phenoxy) is 3. The van der Waals surface area contributed by atoms with Gasteiger partial charge in [-0.1, -0.05) is 18.2 Å². The average Bonchev–Trinajstić information content (AvgIpc) is 3.22. The highest BCUT2D eigenvalue weighted by Gasteiger charge is 2.33. The molecule has 42 heavy (non-hydrogen) atoms. The van der Waals surface area contributed by atoms with E-state index in [0.29, 0.717) is 30.5 Å². The zero-order valence-electron chi connectivity index (χ0n) is 27.1. The van der Waals surface area contributed by atoms with Gasteiger partial charge in [0.2, 0.25) is 5.89 Å². The third-order valence-corrected chi connectivity index (χ3v) is 6.84. The van der Waals surface area contributed by atoms with Gasteiger partial charge in [-0.25, -0.2) is 9.78 Å². The van der Waals surface area contributed by atoms with Gasteiger partial charge in [0.15, 0.2) is 5.60 Å². The van der Waals surface area contributed by atoms with Crippen LogP contribution in [0.1, 0.15) is 80.8 Å². The summed E-state index contributed by atoms with van der Waals surface area (Å²) in [6.45, 7) is 21.9. The van der Waals surface area contributed by atoms with E-state index < -0.39 is 17.2 Å². The van der Waals surface area contributed by atoms with Crippen molar-refractivity contribution in [2.45, 2.75) is 100 Å². The third-order valence-electron chi connectivity index (χ3n) is 6.84. The van der Waals surface area contributed by atoms with E-state index >= 15 is 0 Å². The maximum Gasteiger partial charge on any atom is 0.349 e. The zero-order chi connectivity index (χ0) is 31.4. The third kappa shape index (κ3) is 8.68. The van der Waals surface area contributed by atoms with Crippen molar-refractivity contribution >= 4 is 11.9 Å². The molecular weight excluding hydrogens is 532 g/mol. The highest BCUT2D eigenvalue weighted by molar-refractivity contribution is 5.79. The SMILES string of the molecule is CCOC(=O)C(C)(C)Oc1c(C)cc(CN(CC(=O)OC(C)(C)C)Cc2nc(-c3ccc(C)c(C)c3)oc2C)cc1C. The van der Waals surface area contributed by atoms with Gasteiger partial charge in [0.05, 0.1) is 18.8 Å². The Balaban J connectivity index is 1.89. The van der Waals surface area contributed by atoms with Gasteiger partial charge in [0.1, 0.15) is 17.1 Å². The molecule has 0 bridgehead atoms. The monoisotopic (exact) mass is 578 g/mol. The summed E-state index contributed by atoms with van der Waals surface area (Å²) >= 11 is 0. The van der Waals surface area contributed by atoms with Crippen molar-refractivity contribution in [3.05, 3.63) is 69.6 Å². The summed E-state index contributed by atoms with van der Waals surface area (Å²) in [5, 5.41) is 0. The Morgan fingerprint density at radius 1 is 0.881 bits per heavy atom. The van der Waals surface area contributed by atoms with Crippen molar-refractivity contribution in [3.8, 4) is 17.2 Å². The largest absolute Gasteiger partial charge is 0.476 e. The van der Waals surface area contributed by atoms with Crippen LogP contribution in [0.25, 0.3) is 11.5 Å². The molecule has 0 radical (unpaired) electrons. The number of carbonyl (C=O) groups excluding carboxylic acids is 2. The molecule has 8 heteroatoms. The van der Waals surface area contributed by atoms with Gasteiger partial charge in [-0.15, -0.1) is 0 Å². The molecule has 0 fully saturated rings. The van der Waals surface area contributed by atoms with Gasteiger partial charge >= 0.3 is 11.9 Å². The average molecular weight is 579 g/mol. The Kier molecular flexibility index (Phi) is 10.3. The Morgan fingerprint density at radius 2 is 1.52 bits per heavy atom. The van der Waals surface area contributed by atoms with E-state index in [1.165, 1.54) is 11.1 Å². The van der Waals surface area contributed by atoms with Crippen LogP contribution in [0.15, 0.2) is 34.7 Å². The minimum absolute atomic E-state index is 0.0782. The fourth-order valence-electron chi connectivity index (χ4n) is 4.66. The van der Waals surface area contributed by atoms with Crippen LogP contribution >= 0.6 is 0 Å². The van der Waals surface area contributed by atoms with Crippen molar-refractivity contribution < 1.29 is 28.2 Å². The number of carbonyl (C=O) groups is 2. The quantitative estimate of drug-likeness (QED) is 0.226. The van der Waals surface area contributed by atoms with Crippen LogP contribution in [-0.2, 0) is 32.2 Å². The van der Waals surface area contributed by atoms with Gasteiger partial charge in [-0.2, -0.15) is 0 Å².